The molecule has 0 spiro atoms. The number of morpholine rings is 1. The van der Waals surface area contributed by atoms with Crippen molar-refractivity contribution in [1.82, 2.24) is 10.3 Å². The molecule has 1 atom stereocenters. The summed E-state index contributed by atoms with van der Waals surface area (Å²) in [6.45, 7) is 5.61. The molecular weight excluding hydrogens is 329 g/mol. The number of hydrogen-bond donors (Lipinski definition) is 2. The van der Waals surface area contributed by atoms with Gasteiger partial charge in [-0.2, -0.15) is 0 Å². The Balaban J connectivity index is 1.42. The molecular formula is C21H24FN3O. The summed E-state index contributed by atoms with van der Waals surface area (Å²) in [5.74, 6) is -0.160. The molecule has 0 saturated carbocycles. The fraction of sp³-hybridized carbons (Fsp3) is 0.333. The summed E-state index contributed by atoms with van der Waals surface area (Å²) in [6, 6.07) is 14.1. The van der Waals surface area contributed by atoms with Crippen LogP contribution in [0, 0.1) is 5.82 Å². The van der Waals surface area contributed by atoms with Crippen molar-refractivity contribution in [2.75, 3.05) is 31.2 Å². The SMILES string of the molecule is CC(NCc1ccc2[nH]ccc2c1)c1ccc(N2CCOCC2)c(F)c1. The molecule has 1 aromatic heterocycles. The molecule has 0 radical (unpaired) electrons. The molecule has 0 aliphatic carbocycles. The van der Waals surface area contributed by atoms with Gasteiger partial charge >= 0.3 is 0 Å². The van der Waals surface area contributed by atoms with Crippen LogP contribution in [0.3, 0.4) is 0 Å². The maximum atomic E-state index is 14.6. The molecule has 1 aliphatic heterocycles. The van der Waals surface area contributed by atoms with Gasteiger partial charge < -0.3 is 19.9 Å². The van der Waals surface area contributed by atoms with Gasteiger partial charge in [0.05, 0.1) is 18.9 Å². The van der Waals surface area contributed by atoms with E-state index in [1.165, 1.54) is 10.9 Å². The van der Waals surface area contributed by atoms with E-state index in [2.05, 4.69) is 41.5 Å². The normalized spacial score (nSPS) is 16.2. The Morgan fingerprint density at radius 2 is 2.00 bits per heavy atom. The maximum Gasteiger partial charge on any atom is 0.146 e. The van der Waals surface area contributed by atoms with Gasteiger partial charge in [0.15, 0.2) is 0 Å². The summed E-state index contributed by atoms with van der Waals surface area (Å²) in [5.41, 5.74) is 3.99. The first-order valence-corrected chi connectivity index (χ1v) is 9.12. The average molecular weight is 353 g/mol. The molecule has 0 bridgehead atoms. The highest BCUT2D eigenvalue weighted by atomic mass is 19.1. The zero-order valence-electron chi connectivity index (χ0n) is 15.0. The second-order valence-electron chi connectivity index (χ2n) is 6.81. The molecule has 2 heterocycles. The van der Waals surface area contributed by atoms with Crippen molar-refractivity contribution < 1.29 is 9.13 Å². The summed E-state index contributed by atoms with van der Waals surface area (Å²) in [5, 5.41) is 4.69. The predicted octanol–water partition coefficient (Wildman–Crippen LogP) is 3.99. The lowest BCUT2D eigenvalue weighted by molar-refractivity contribution is 0.122. The number of anilines is 1. The predicted molar refractivity (Wildman–Crippen MR) is 103 cm³/mol. The summed E-state index contributed by atoms with van der Waals surface area (Å²) in [4.78, 5) is 5.25. The van der Waals surface area contributed by atoms with E-state index in [0.717, 1.165) is 30.7 Å². The van der Waals surface area contributed by atoms with Gasteiger partial charge in [-0.15, -0.1) is 0 Å². The molecule has 1 unspecified atom stereocenters. The molecule has 4 rings (SSSR count). The third-order valence-electron chi connectivity index (χ3n) is 5.05. The highest BCUT2D eigenvalue weighted by Gasteiger charge is 2.16. The zero-order valence-corrected chi connectivity index (χ0v) is 15.0. The first kappa shape index (κ1) is 17.1. The first-order valence-electron chi connectivity index (χ1n) is 9.12. The highest BCUT2D eigenvalue weighted by Crippen LogP contribution is 2.24. The summed E-state index contributed by atoms with van der Waals surface area (Å²) in [6.07, 6.45) is 1.95. The topological polar surface area (TPSA) is 40.3 Å². The molecule has 2 aromatic carbocycles. The monoisotopic (exact) mass is 353 g/mol. The second-order valence-corrected chi connectivity index (χ2v) is 6.81. The minimum absolute atomic E-state index is 0.0742. The van der Waals surface area contributed by atoms with E-state index >= 15 is 0 Å². The van der Waals surface area contributed by atoms with Crippen LogP contribution in [0.4, 0.5) is 10.1 Å². The van der Waals surface area contributed by atoms with Crippen molar-refractivity contribution in [2.45, 2.75) is 19.5 Å². The van der Waals surface area contributed by atoms with Gasteiger partial charge in [-0.25, -0.2) is 4.39 Å². The summed E-state index contributed by atoms with van der Waals surface area (Å²) >= 11 is 0. The number of halogens is 1. The van der Waals surface area contributed by atoms with Gasteiger partial charge in [-0.3, -0.25) is 0 Å². The summed E-state index contributed by atoms with van der Waals surface area (Å²) < 4.78 is 19.9. The average Bonchev–Trinajstić information content (AvgIpc) is 3.14. The molecule has 26 heavy (non-hydrogen) atoms. The smallest absolute Gasteiger partial charge is 0.146 e. The van der Waals surface area contributed by atoms with Crippen molar-refractivity contribution in [2.24, 2.45) is 0 Å². The number of H-pyrrole nitrogens is 1. The van der Waals surface area contributed by atoms with Crippen molar-refractivity contribution in [3.05, 3.63) is 65.6 Å². The number of nitrogens with one attached hydrogen (secondary N) is 2. The number of benzene rings is 2. The van der Waals surface area contributed by atoms with E-state index in [1.807, 2.05) is 23.2 Å². The Bertz CT molecular complexity index is 886. The lowest BCUT2D eigenvalue weighted by Crippen LogP contribution is -2.36. The van der Waals surface area contributed by atoms with Gasteiger partial charge in [-0.1, -0.05) is 12.1 Å². The van der Waals surface area contributed by atoms with Gasteiger partial charge in [0.1, 0.15) is 5.82 Å². The van der Waals surface area contributed by atoms with Gasteiger partial charge in [0, 0.05) is 37.4 Å². The van der Waals surface area contributed by atoms with E-state index in [0.29, 0.717) is 18.9 Å². The van der Waals surface area contributed by atoms with Crippen LogP contribution in [0.25, 0.3) is 10.9 Å². The van der Waals surface area contributed by atoms with E-state index in [4.69, 9.17) is 4.74 Å². The second kappa shape index (κ2) is 7.48. The van der Waals surface area contributed by atoms with E-state index in [9.17, 15) is 4.39 Å². The zero-order chi connectivity index (χ0) is 17.9. The molecule has 5 heteroatoms. The quantitative estimate of drug-likeness (QED) is 0.728. The highest BCUT2D eigenvalue weighted by molar-refractivity contribution is 5.79. The largest absolute Gasteiger partial charge is 0.378 e. The molecule has 1 aliphatic rings. The minimum Gasteiger partial charge on any atom is -0.378 e. The first-order chi connectivity index (χ1) is 12.7. The van der Waals surface area contributed by atoms with E-state index < -0.39 is 0 Å². The van der Waals surface area contributed by atoms with Crippen LogP contribution in [0.5, 0.6) is 0 Å². The molecule has 3 aromatic rings. The van der Waals surface area contributed by atoms with Crippen LogP contribution < -0.4 is 10.2 Å². The standard InChI is InChI=1S/C21H24FN3O/c1-15(24-14-16-2-4-20-18(12-16)6-7-23-20)17-3-5-21(19(22)13-17)25-8-10-26-11-9-25/h2-7,12-13,15,23-24H,8-11,14H2,1H3. The van der Waals surface area contributed by atoms with Crippen molar-refractivity contribution in [3.63, 3.8) is 0 Å². The molecule has 2 N–H and O–H groups in total. The fourth-order valence-corrected chi connectivity index (χ4v) is 3.45. The Hall–Kier alpha value is -2.37. The number of hydrogen-bond acceptors (Lipinski definition) is 3. The third kappa shape index (κ3) is 3.59. The van der Waals surface area contributed by atoms with Crippen LogP contribution in [0.1, 0.15) is 24.1 Å². The Labute approximate surface area is 153 Å². The van der Waals surface area contributed by atoms with E-state index in [1.54, 1.807) is 6.07 Å². The number of rotatable bonds is 5. The molecule has 1 fully saturated rings. The van der Waals surface area contributed by atoms with Crippen LogP contribution in [-0.2, 0) is 11.3 Å². The number of fused-ring (bicyclic) bond motifs is 1. The molecule has 0 amide bonds. The number of ether oxygens (including phenoxy) is 1. The minimum atomic E-state index is -0.160. The lowest BCUT2D eigenvalue weighted by Gasteiger charge is -2.29. The Kier molecular flexibility index (Phi) is 4.91. The van der Waals surface area contributed by atoms with Crippen molar-refractivity contribution >= 4 is 16.6 Å². The van der Waals surface area contributed by atoms with Crippen LogP contribution in [0.15, 0.2) is 48.7 Å². The lowest BCUT2D eigenvalue weighted by atomic mass is 10.1. The Morgan fingerprint density at radius 1 is 1.15 bits per heavy atom. The van der Waals surface area contributed by atoms with Crippen molar-refractivity contribution in [3.8, 4) is 0 Å². The number of aromatic nitrogens is 1. The molecule has 4 nitrogen and oxygen atoms in total. The van der Waals surface area contributed by atoms with Crippen LogP contribution >= 0.6 is 0 Å². The van der Waals surface area contributed by atoms with Gasteiger partial charge in [-0.05, 0) is 53.8 Å². The third-order valence-corrected chi connectivity index (χ3v) is 5.05. The maximum absolute atomic E-state index is 14.6. The Morgan fingerprint density at radius 3 is 2.81 bits per heavy atom. The fourth-order valence-electron chi connectivity index (χ4n) is 3.45. The van der Waals surface area contributed by atoms with Gasteiger partial charge in [0.2, 0.25) is 0 Å². The number of aromatic amines is 1. The van der Waals surface area contributed by atoms with E-state index in [-0.39, 0.29) is 11.9 Å². The van der Waals surface area contributed by atoms with Gasteiger partial charge in [0.25, 0.3) is 0 Å². The van der Waals surface area contributed by atoms with Crippen molar-refractivity contribution in [1.29, 1.82) is 0 Å². The summed E-state index contributed by atoms with van der Waals surface area (Å²) in [7, 11) is 0. The molecule has 1 saturated heterocycles. The van der Waals surface area contributed by atoms with Crippen LogP contribution in [-0.4, -0.2) is 31.3 Å². The molecule has 136 valence electrons. The van der Waals surface area contributed by atoms with Crippen LogP contribution in [0.2, 0.25) is 0 Å². The number of nitrogens with zero attached hydrogens (tertiary/aromatic N) is 1.